The SMILES string of the molecule is CCOC(=O)c1ccnc(/C(Cc2cccc(O)c2)=N/OC2CCCCO2)c1. The van der Waals surface area contributed by atoms with Gasteiger partial charge in [0.1, 0.15) is 11.5 Å². The van der Waals surface area contributed by atoms with E-state index < -0.39 is 5.97 Å². The van der Waals surface area contributed by atoms with Crippen LogP contribution in [0, 0.1) is 0 Å². The van der Waals surface area contributed by atoms with Crippen LogP contribution in [0.15, 0.2) is 47.8 Å². The van der Waals surface area contributed by atoms with Gasteiger partial charge in [0, 0.05) is 19.0 Å². The number of benzene rings is 1. The van der Waals surface area contributed by atoms with E-state index in [1.54, 1.807) is 37.3 Å². The van der Waals surface area contributed by atoms with E-state index in [0.717, 1.165) is 24.8 Å². The average Bonchev–Trinajstić information content (AvgIpc) is 2.72. The lowest BCUT2D eigenvalue weighted by atomic mass is 10.0. The molecule has 1 aliphatic rings. The number of esters is 1. The number of phenols is 1. The number of nitrogens with zero attached hydrogens (tertiary/aromatic N) is 2. The Balaban J connectivity index is 1.86. The number of hydrogen-bond acceptors (Lipinski definition) is 7. The summed E-state index contributed by atoms with van der Waals surface area (Å²) >= 11 is 0. The molecule has 1 fully saturated rings. The van der Waals surface area contributed by atoms with Crippen molar-refractivity contribution in [1.29, 1.82) is 0 Å². The van der Waals surface area contributed by atoms with Crippen molar-refractivity contribution in [2.24, 2.45) is 5.16 Å². The van der Waals surface area contributed by atoms with E-state index >= 15 is 0 Å². The molecule has 0 amide bonds. The van der Waals surface area contributed by atoms with Crippen molar-refractivity contribution in [3.63, 3.8) is 0 Å². The largest absolute Gasteiger partial charge is 0.508 e. The second-order valence-corrected chi connectivity index (χ2v) is 6.44. The van der Waals surface area contributed by atoms with Gasteiger partial charge in [-0.1, -0.05) is 17.3 Å². The number of aromatic nitrogens is 1. The van der Waals surface area contributed by atoms with E-state index in [0.29, 0.717) is 36.6 Å². The van der Waals surface area contributed by atoms with Gasteiger partial charge in [0.2, 0.25) is 6.29 Å². The first-order valence-electron chi connectivity index (χ1n) is 9.41. The normalized spacial score (nSPS) is 17.2. The maximum Gasteiger partial charge on any atom is 0.338 e. The topological polar surface area (TPSA) is 90.2 Å². The highest BCUT2D eigenvalue weighted by Crippen LogP contribution is 2.17. The lowest BCUT2D eigenvalue weighted by molar-refractivity contribution is -0.162. The average molecular weight is 384 g/mol. The third kappa shape index (κ3) is 5.53. The maximum absolute atomic E-state index is 12.1. The molecule has 2 aromatic rings. The molecule has 0 saturated carbocycles. The van der Waals surface area contributed by atoms with Crippen LogP contribution >= 0.6 is 0 Å². The number of carbonyl (C=O) groups is 1. The molecule has 0 spiro atoms. The summed E-state index contributed by atoms with van der Waals surface area (Å²) in [7, 11) is 0. The highest BCUT2D eigenvalue weighted by atomic mass is 16.8. The molecule has 7 heteroatoms. The fourth-order valence-electron chi connectivity index (χ4n) is 2.88. The molecule has 28 heavy (non-hydrogen) atoms. The molecule has 1 unspecified atom stereocenters. The standard InChI is InChI=1S/C21H24N2O5/c1-2-26-21(25)16-9-10-22-18(14-16)19(13-15-6-5-7-17(24)12-15)23-28-20-8-3-4-11-27-20/h5-7,9-10,12,14,20,24H,2-4,8,11,13H2,1H3/b23-19+. The third-order valence-electron chi connectivity index (χ3n) is 4.27. The number of ether oxygens (including phenoxy) is 2. The molecule has 3 rings (SSSR count). The van der Waals surface area contributed by atoms with Crippen molar-refractivity contribution in [3.05, 3.63) is 59.4 Å². The van der Waals surface area contributed by atoms with Crippen LogP contribution in [-0.4, -0.2) is 41.3 Å². The highest BCUT2D eigenvalue weighted by Gasteiger charge is 2.17. The van der Waals surface area contributed by atoms with E-state index in [4.69, 9.17) is 14.3 Å². The second kappa shape index (κ2) is 9.85. The van der Waals surface area contributed by atoms with Crippen LogP contribution in [0.1, 0.15) is 47.8 Å². The van der Waals surface area contributed by atoms with Crippen molar-refractivity contribution in [3.8, 4) is 5.75 Å². The minimum atomic E-state index is -0.417. The Morgan fingerprint density at radius 1 is 1.32 bits per heavy atom. The Labute approximate surface area is 163 Å². The molecule has 1 saturated heterocycles. The van der Waals surface area contributed by atoms with Gasteiger partial charge in [-0.2, -0.15) is 0 Å². The fourth-order valence-corrected chi connectivity index (χ4v) is 2.88. The number of carbonyl (C=O) groups excluding carboxylic acids is 1. The van der Waals surface area contributed by atoms with Crippen molar-refractivity contribution >= 4 is 11.7 Å². The number of hydrogen-bond donors (Lipinski definition) is 1. The predicted octanol–water partition coefficient (Wildman–Crippen LogP) is 3.45. The van der Waals surface area contributed by atoms with Gasteiger partial charge in [-0.25, -0.2) is 4.79 Å². The molecule has 1 aliphatic heterocycles. The van der Waals surface area contributed by atoms with E-state index in [-0.39, 0.29) is 12.0 Å². The summed E-state index contributed by atoms with van der Waals surface area (Å²) in [6.45, 7) is 2.70. The number of rotatable bonds is 7. The molecular formula is C21H24N2O5. The fraction of sp³-hybridized carbons (Fsp3) is 0.381. The molecule has 0 radical (unpaired) electrons. The molecule has 0 aliphatic carbocycles. The molecule has 1 aromatic heterocycles. The predicted molar refractivity (Wildman–Crippen MR) is 103 cm³/mol. The highest BCUT2D eigenvalue weighted by molar-refractivity contribution is 6.01. The Hall–Kier alpha value is -2.93. The van der Waals surface area contributed by atoms with Crippen LogP contribution in [0.2, 0.25) is 0 Å². The van der Waals surface area contributed by atoms with Gasteiger partial charge >= 0.3 is 5.97 Å². The van der Waals surface area contributed by atoms with Crippen LogP contribution < -0.4 is 0 Å². The zero-order chi connectivity index (χ0) is 19.8. The molecule has 7 nitrogen and oxygen atoms in total. The van der Waals surface area contributed by atoms with Crippen molar-refractivity contribution in [2.75, 3.05) is 13.2 Å². The van der Waals surface area contributed by atoms with Crippen molar-refractivity contribution in [1.82, 2.24) is 4.98 Å². The summed E-state index contributed by atoms with van der Waals surface area (Å²) < 4.78 is 10.6. The molecule has 1 N–H and O–H groups in total. The van der Waals surface area contributed by atoms with Crippen LogP contribution in [0.3, 0.4) is 0 Å². The van der Waals surface area contributed by atoms with Gasteiger partial charge in [-0.05, 0) is 49.6 Å². The zero-order valence-electron chi connectivity index (χ0n) is 15.8. The zero-order valence-corrected chi connectivity index (χ0v) is 15.8. The summed E-state index contributed by atoms with van der Waals surface area (Å²) in [6.07, 6.45) is 4.35. The first-order valence-corrected chi connectivity index (χ1v) is 9.41. The van der Waals surface area contributed by atoms with Crippen molar-refractivity contribution in [2.45, 2.75) is 38.9 Å². The molecule has 148 valence electrons. The lowest BCUT2D eigenvalue weighted by Crippen LogP contribution is -2.21. The molecule has 1 atom stereocenters. The monoisotopic (exact) mass is 384 g/mol. The van der Waals surface area contributed by atoms with Gasteiger partial charge in [-0.3, -0.25) is 4.98 Å². The van der Waals surface area contributed by atoms with Gasteiger partial charge in [-0.15, -0.1) is 0 Å². The van der Waals surface area contributed by atoms with E-state index in [2.05, 4.69) is 10.1 Å². The summed E-state index contributed by atoms with van der Waals surface area (Å²) in [4.78, 5) is 22.0. The number of oxime groups is 1. The number of aromatic hydroxyl groups is 1. The van der Waals surface area contributed by atoms with E-state index in [1.165, 1.54) is 6.20 Å². The molecule has 0 bridgehead atoms. The van der Waals surface area contributed by atoms with Gasteiger partial charge in [0.05, 0.1) is 24.5 Å². The minimum absolute atomic E-state index is 0.168. The second-order valence-electron chi connectivity index (χ2n) is 6.44. The smallest absolute Gasteiger partial charge is 0.338 e. The number of phenolic OH excluding ortho intramolecular Hbond substituents is 1. The summed E-state index contributed by atoms with van der Waals surface area (Å²) in [5.74, 6) is -0.249. The summed E-state index contributed by atoms with van der Waals surface area (Å²) in [6, 6.07) is 10.1. The first kappa shape index (κ1) is 19.8. The molecular weight excluding hydrogens is 360 g/mol. The van der Waals surface area contributed by atoms with Gasteiger partial charge in [0.15, 0.2) is 0 Å². The minimum Gasteiger partial charge on any atom is -0.508 e. The molecule has 2 heterocycles. The Bertz CT molecular complexity index is 831. The van der Waals surface area contributed by atoms with Gasteiger partial charge < -0.3 is 19.4 Å². The quantitative estimate of drug-likeness (QED) is 0.447. The van der Waals surface area contributed by atoms with Crippen LogP contribution in [0.25, 0.3) is 0 Å². The van der Waals surface area contributed by atoms with E-state index in [9.17, 15) is 9.90 Å². The number of pyridine rings is 1. The van der Waals surface area contributed by atoms with Gasteiger partial charge in [0.25, 0.3) is 0 Å². The molecule has 1 aromatic carbocycles. The summed E-state index contributed by atoms with van der Waals surface area (Å²) in [5.41, 5.74) is 2.27. The van der Waals surface area contributed by atoms with E-state index in [1.807, 2.05) is 6.07 Å². The Morgan fingerprint density at radius 3 is 2.96 bits per heavy atom. The summed E-state index contributed by atoms with van der Waals surface area (Å²) in [5, 5.41) is 14.0. The lowest BCUT2D eigenvalue weighted by Gasteiger charge is -2.20. The van der Waals surface area contributed by atoms with Crippen LogP contribution in [0.5, 0.6) is 5.75 Å². The first-order chi connectivity index (χ1) is 13.7. The maximum atomic E-state index is 12.1. The third-order valence-corrected chi connectivity index (χ3v) is 4.27. The van der Waals surface area contributed by atoms with Crippen LogP contribution in [-0.2, 0) is 20.7 Å². The Kier molecular flexibility index (Phi) is 6.97. The van der Waals surface area contributed by atoms with Crippen LogP contribution in [0.4, 0.5) is 0 Å². The van der Waals surface area contributed by atoms with Crippen molar-refractivity contribution < 1.29 is 24.2 Å². The Morgan fingerprint density at radius 2 is 2.21 bits per heavy atom.